The number of nitrogens with one attached hydrogen (secondary N) is 4. The molecule has 2 aromatic heterocycles. The average Bonchev–Trinajstić information content (AvgIpc) is 3.83. The van der Waals surface area contributed by atoms with Gasteiger partial charge in [0.2, 0.25) is 0 Å². The largest absolute Gasteiger partial charge is 0.449 e. The van der Waals surface area contributed by atoms with Gasteiger partial charge in [-0.3, -0.25) is 10.6 Å². The van der Waals surface area contributed by atoms with E-state index in [1.807, 2.05) is 18.2 Å². The molecular weight excluding hydrogens is 690 g/mol. The van der Waals surface area contributed by atoms with Gasteiger partial charge in [-0.15, -0.1) is 22.7 Å². The van der Waals surface area contributed by atoms with Gasteiger partial charge < -0.3 is 20.1 Å². The van der Waals surface area contributed by atoms with Gasteiger partial charge in [0.25, 0.3) is 5.92 Å². The molecule has 15 heteroatoms. The molecule has 2 aliphatic rings. The van der Waals surface area contributed by atoms with Crippen molar-refractivity contribution >= 4 is 46.2 Å². The molecule has 0 bridgehead atoms. The van der Waals surface area contributed by atoms with E-state index in [2.05, 4.69) is 31.2 Å². The van der Waals surface area contributed by atoms with Crippen molar-refractivity contribution in [3.8, 4) is 21.1 Å². The molecule has 0 unspecified atom stereocenters. The van der Waals surface area contributed by atoms with Crippen LogP contribution in [0.1, 0.15) is 44.0 Å². The Labute approximate surface area is 297 Å². The second-order valence-corrected chi connectivity index (χ2v) is 13.8. The number of carbonyl (C=O) groups excluding carboxylic acids is 2. The zero-order valence-electron chi connectivity index (χ0n) is 27.7. The molecule has 4 N–H and O–H groups in total. The number of aromatic nitrogens is 2. The fraction of sp³-hybridized carbons (Fsp3) is 0.429. The number of rotatable bonds is 10. The maximum atomic E-state index is 13.4. The molecule has 0 spiro atoms. The van der Waals surface area contributed by atoms with E-state index in [9.17, 15) is 22.8 Å². The number of amides is 2. The Morgan fingerprint density at radius 2 is 1.24 bits per heavy atom. The van der Waals surface area contributed by atoms with Crippen molar-refractivity contribution in [3.05, 3.63) is 70.7 Å². The SMILES string of the molecule is CC(F)(F)c1csc(-c2ccccc2NC(=O)OCC2CCNCC2)n1.O=C(Nc1ccccc1-c1nc(CF)cs1)OCC1CCNCC1. The summed E-state index contributed by atoms with van der Waals surface area (Å²) in [6.45, 7) is 4.84. The normalized spacial score (nSPS) is 15.4. The molecule has 0 aliphatic carbocycles. The predicted octanol–water partition coefficient (Wildman–Crippen LogP) is 8.30. The molecule has 0 atom stereocenters. The summed E-state index contributed by atoms with van der Waals surface area (Å²) in [5, 5.41) is 16.1. The van der Waals surface area contributed by atoms with Gasteiger partial charge in [-0.1, -0.05) is 24.3 Å². The second-order valence-electron chi connectivity index (χ2n) is 12.1. The summed E-state index contributed by atoms with van der Waals surface area (Å²) in [6.07, 6.45) is 3.00. The molecular formula is C35H41F3N6O4S2. The van der Waals surface area contributed by atoms with Crippen LogP contribution in [0.2, 0.25) is 0 Å². The van der Waals surface area contributed by atoms with Crippen LogP contribution in [0.5, 0.6) is 0 Å². The molecule has 2 aliphatic heterocycles. The monoisotopic (exact) mass is 730 g/mol. The first kappa shape index (κ1) is 37.2. The standard InChI is InChI=1S/C18H21F2N3O2S.C17H20FN3O2S/c1-18(19,20)15-11-26-16(23-15)13-4-2-3-5-14(13)22-17(24)25-10-12-6-8-21-9-7-12;18-9-13-11-24-16(20-13)14-3-1-2-4-15(14)21-17(22)23-10-12-5-7-19-8-6-12/h2-5,11-12,21H,6-10H2,1H3,(H,22,24);1-4,11-12,19H,5-10H2,(H,21,22). The highest BCUT2D eigenvalue weighted by atomic mass is 32.1. The van der Waals surface area contributed by atoms with Crippen LogP contribution >= 0.6 is 22.7 Å². The smallest absolute Gasteiger partial charge is 0.411 e. The van der Waals surface area contributed by atoms with Crippen molar-refractivity contribution < 1.29 is 32.2 Å². The summed E-state index contributed by atoms with van der Waals surface area (Å²) in [6, 6.07) is 14.3. The molecule has 4 aromatic rings. The summed E-state index contributed by atoms with van der Waals surface area (Å²) in [4.78, 5) is 32.4. The molecule has 2 amide bonds. The van der Waals surface area contributed by atoms with Gasteiger partial charge in [-0.25, -0.2) is 23.9 Å². The van der Waals surface area contributed by atoms with Crippen molar-refractivity contribution in [1.82, 2.24) is 20.6 Å². The van der Waals surface area contributed by atoms with Crippen LogP contribution in [0, 0.1) is 11.8 Å². The summed E-state index contributed by atoms with van der Waals surface area (Å²) in [5.41, 5.74) is 2.59. The third kappa shape index (κ3) is 11.0. The molecule has 50 heavy (non-hydrogen) atoms. The third-order valence-electron chi connectivity index (χ3n) is 8.25. The molecule has 10 nitrogen and oxygen atoms in total. The van der Waals surface area contributed by atoms with E-state index >= 15 is 0 Å². The molecule has 0 radical (unpaired) electrons. The third-order valence-corrected chi connectivity index (χ3v) is 10.0. The van der Waals surface area contributed by atoms with E-state index in [0.29, 0.717) is 57.7 Å². The molecule has 0 saturated carbocycles. The number of hydrogen-bond acceptors (Lipinski definition) is 10. The van der Waals surface area contributed by atoms with E-state index in [-0.39, 0.29) is 5.69 Å². The minimum Gasteiger partial charge on any atom is -0.449 e. The van der Waals surface area contributed by atoms with Crippen molar-refractivity contribution in [1.29, 1.82) is 0 Å². The lowest BCUT2D eigenvalue weighted by atomic mass is 9.99. The number of anilines is 2. The molecule has 268 valence electrons. The van der Waals surface area contributed by atoms with Gasteiger partial charge in [0.15, 0.2) is 0 Å². The van der Waals surface area contributed by atoms with Crippen molar-refractivity contribution in [2.24, 2.45) is 11.8 Å². The summed E-state index contributed by atoms with van der Waals surface area (Å²) >= 11 is 2.47. The minimum atomic E-state index is -3.00. The highest BCUT2D eigenvalue weighted by Crippen LogP contribution is 2.35. The number of ether oxygens (including phenoxy) is 2. The fourth-order valence-electron chi connectivity index (χ4n) is 5.42. The topological polar surface area (TPSA) is 126 Å². The van der Waals surface area contributed by atoms with Gasteiger partial charge in [0.05, 0.1) is 30.3 Å². The highest BCUT2D eigenvalue weighted by molar-refractivity contribution is 7.13. The Kier molecular flexibility index (Phi) is 13.6. The van der Waals surface area contributed by atoms with E-state index in [1.54, 1.807) is 35.7 Å². The number of piperidine rings is 2. The number of alkyl halides is 3. The minimum absolute atomic E-state index is 0.277. The Morgan fingerprint density at radius 3 is 1.68 bits per heavy atom. The van der Waals surface area contributed by atoms with E-state index in [0.717, 1.165) is 75.7 Å². The lowest BCUT2D eigenvalue weighted by Gasteiger charge is -2.22. The van der Waals surface area contributed by atoms with Crippen molar-refractivity contribution in [3.63, 3.8) is 0 Å². The summed E-state index contributed by atoms with van der Waals surface area (Å²) in [7, 11) is 0. The van der Waals surface area contributed by atoms with Crippen LogP contribution in [0.25, 0.3) is 21.1 Å². The first-order valence-electron chi connectivity index (χ1n) is 16.5. The second kappa shape index (κ2) is 18.3. The number of hydrogen-bond donors (Lipinski definition) is 4. The molecule has 2 saturated heterocycles. The first-order chi connectivity index (χ1) is 24.2. The maximum Gasteiger partial charge on any atom is 0.411 e. The van der Waals surface area contributed by atoms with Crippen LogP contribution in [0.4, 0.5) is 34.1 Å². The van der Waals surface area contributed by atoms with Crippen LogP contribution < -0.4 is 21.3 Å². The predicted molar refractivity (Wildman–Crippen MR) is 191 cm³/mol. The number of benzene rings is 2. The Morgan fingerprint density at radius 1 is 0.780 bits per heavy atom. The Hall–Kier alpha value is -4.05. The van der Waals surface area contributed by atoms with Gasteiger partial charge in [-0.2, -0.15) is 8.78 Å². The summed E-state index contributed by atoms with van der Waals surface area (Å²) in [5.74, 6) is -2.21. The van der Waals surface area contributed by atoms with Gasteiger partial charge in [0, 0.05) is 28.8 Å². The van der Waals surface area contributed by atoms with E-state index in [1.165, 1.54) is 16.7 Å². The molecule has 6 rings (SSSR count). The number of thiazole rings is 2. The zero-order valence-corrected chi connectivity index (χ0v) is 29.3. The molecule has 2 fully saturated rings. The first-order valence-corrected chi connectivity index (χ1v) is 18.3. The number of halogens is 3. The van der Waals surface area contributed by atoms with Crippen LogP contribution in [0.15, 0.2) is 59.3 Å². The van der Waals surface area contributed by atoms with Gasteiger partial charge >= 0.3 is 12.2 Å². The number of carbonyl (C=O) groups is 2. The number of nitrogens with zero attached hydrogens (tertiary/aromatic N) is 2. The number of para-hydroxylation sites is 2. The van der Waals surface area contributed by atoms with Gasteiger partial charge in [-0.05, 0) is 88.0 Å². The zero-order chi connectivity index (χ0) is 35.3. The average molecular weight is 731 g/mol. The Bertz CT molecular complexity index is 1690. The van der Waals surface area contributed by atoms with Crippen LogP contribution in [0.3, 0.4) is 0 Å². The lowest BCUT2D eigenvalue weighted by molar-refractivity contribution is 0.0135. The van der Waals surface area contributed by atoms with E-state index < -0.39 is 24.8 Å². The van der Waals surface area contributed by atoms with Crippen molar-refractivity contribution in [2.75, 3.05) is 50.0 Å². The fourth-order valence-corrected chi connectivity index (χ4v) is 7.20. The van der Waals surface area contributed by atoms with Gasteiger partial charge in [0.1, 0.15) is 22.4 Å². The van der Waals surface area contributed by atoms with Crippen molar-refractivity contribution in [2.45, 2.75) is 45.2 Å². The Balaban J connectivity index is 0.000000195. The summed E-state index contributed by atoms with van der Waals surface area (Å²) < 4.78 is 50.2. The molecule has 2 aromatic carbocycles. The van der Waals surface area contributed by atoms with Crippen LogP contribution in [-0.4, -0.2) is 61.5 Å². The van der Waals surface area contributed by atoms with Crippen LogP contribution in [-0.2, 0) is 22.1 Å². The maximum absolute atomic E-state index is 13.4. The van der Waals surface area contributed by atoms with E-state index in [4.69, 9.17) is 9.47 Å². The highest BCUT2D eigenvalue weighted by Gasteiger charge is 2.28. The lowest BCUT2D eigenvalue weighted by Crippen LogP contribution is -2.31. The molecule has 4 heterocycles. The quantitative estimate of drug-likeness (QED) is 0.128.